The zero-order valence-electron chi connectivity index (χ0n) is 27.7. The molecule has 11 heteroatoms. The maximum Gasteiger partial charge on any atom is 0.248 e. The Morgan fingerprint density at radius 3 is 2.28 bits per heavy atom. The van der Waals surface area contributed by atoms with Gasteiger partial charge >= 0.3 is 0 Å². The molecule has 4 atom stereocenters. The van der Waals surface area contributed by atoms with Gasteiger partial charge in [-0.1, -0.05) is 45.5 Å². The van der Waals surface area contributed by atoms with Crippen LogP contribution in [0.5, 0.6) is 0 Å². The number of amides is 2. The fourth-order valence-electron chi connectivity index (χ4n) is 7.08. The molecule has 1 saturated heterocycles. The number of nitrogens with two attached hydrogens (primary N) is 2. The van der Waals surface area contributed by atoms with Crippen molar-refractivity contribution in [3.05, 3.63) is 82.2 Å². The third kappa shape index (κ3) is 6.67. The van der Waals surface area contributed by atoms with Crippen LogP contribution in [0.1, 0.15) is 104 Å². The van der Waals surface area contributed by atoms with Crippen molar-refractivity contribution in [2.75, 3.05) is 6.54 Å². The van der Waals surface area contributed by atoms with Crippen LogP contribution in [0.25, 0.3) is 5.70 Å². The van der Waals surface area contributed by atoms with Crippen molar-refractivity contribution in [1.82, 2.24) is 30.4 Å². The summed E-state index contributed by atoms with van der Waals surface area (Å²) in [5.41, 5.74) is 16.7. The summed E-state index contributed by atoms with van der Waals surface area (Å²) in [7, 11) is 1.73. The molecule has 2 heterocycles. The van der Waals surface area contributed by atoms with E-state index in [0.29, 0.717) is 42.8 Å². The highest BCUT2D eigenvalue weighted by Crippen LogP contribution is 2.47. The number of carbonyl (C=O) groups excluding carboxylic acids is 2. The number of nitriles is 1. The summed E-state index contributed by atoms with van der Waals surface area (Å²) in [6.45, 7) is 12.1. The Kier molecular flexibility index (Phi) is 11.0. The van der Waals surface area contributed by atoms with E-state index >= 15 is 0 Å². The summed E-state index contributed by atoms with van der Waals surface area (Å²) >= 11 is 0. The molecule has 0 saturated carbocycles. The lowest BCUT2D eigenvalue weighted by atomic mass is 9.67. The van der Waals surface area contributed by atoms with Gasteiger partial charge in [0.1, 0.15) is 6.04 Å². The number of aryl methyl sites for hydroxylation is 3. The zero-order chi connectivity index (χ0) is 33.6. The number of piperidine rings is 1. The number of aromatic nitrogens is 4. The number of rotatable bonds is 9. The summed E-state index contributed by atoms with van der Waals surface area (Å²) in [5, 5.41) is 26.8. The fraction of sp³-hybridized carbons (Fsp3) is 0.486. The molecule has 4 unspecified atom stereocenters. The number of nitrogens with one attached hydrogen (secondary N) is 1. The van der Waals surface area contributed by atoms with E-state index in [1.165, 1.54) is 4.80 Å². The van der Waals surface area contributed by atoms with Crippen molar-refractivity contribution >= 4 is 17.5 Å². The minimum atomic E-state index is -0.873. The van der Waals surface area contributed by atoms with Gasteiger partial charge in [0.05, 0.1) is 25.1 Å². The molecule has 5 rings (SSSR count). The molecule has 2 amide bonds. The molecule has 1 fully saturated rings. The largest absolute Gasteiger partial charge is 0.399 e. The topological polar surface area (TPSA) is 169 Å². The van der Waals surface area contributed by atoms with Crippen molar-refractivity contribution in [3.8, 4) is 6.07 Å². The Morgan fingerprint density at radius 1 is 1.11 bits per heavy atom. The third-order valence-corrected chi connectivity index (χ3v) is 9.21. The molecule has 1 aliphatic carbocycles. The first-order chi connectivity index (χ1) is 22.1. The summed E-state index contributed by atoms with van der Waals surface area (Å²) < 4.78 is 0. The molecule has 1 aliphatic heterocycles. The predicted molar refractivity (Wildman–Crippen MR) is 178 cm³/mol. The Labute approximate surface area is 272 Å². The number of benzene rings is 2. The number of likely N-dealkylation sites (tertiary alicyclic amines) is 1. The lowest BCUT2D eigenvalue weighted by Crippen LogP contribution is -2.53. The number of primary amides is 1. The van der Waals surface area contributed by atoms with Gasteiger partial charge in [-0.25, -0.2) is 0 Å². The van der Waals surface area contributed by atoms with Crippen molar-refractivity contribution in [2.45, 2.75) is 96.2 Å². The first-order valence-electron chi connectivity index (χ1n) is 16.3. The Hall–Kier alpha value is -4.56. The predicted octanol–water partition coefficient (Wildman–Crippen LogP) is 3.75. The summed E-state index contributed by atoms with van der Waals surface area (Å²) in [5.74, 6) is -0.0468. The second-order valence-electron chi connectivity index (χ2n) is 12.1. The van der Waals surface area contributed by atoms with Crippen LogP contribution in [-0.2, 0) is 30.1 Å². The SMILES string of the molecule is C=C(N)c1ccc2c(c1)CCc1cc(C(N)=O)ccc1C2(CC(C)NCC(=O)N1C(C#N)CCCC1CC)c1nnn(C)n1.CC. The second-order valence-corrected chi connectivity index (χ2v) is 12.1. The van der Waals surface area contributed by atoms with Crippen LogP contribution >= 0.6 is 0 Å². The lowest BCUT2D eigenvalue weighted by Gasteiger charge is -2.39. The zero-order valence-corrected chi connectivity index (χ0v) is 27.7. The van der Waals surface area contributed by atoms with Crippen LogP contribution in [0.2, 0.25) is 0 Å². The van der Waals surface area contributed by atoms with Gasteiger partial charge in [-0.05, 0) is 103 Å². The Bertz CT molecular complexity index is 1560. The number of nitrogens with zero attached hydrogens (tertiary/aromatic N) is 6. The van der Waals surface area contributed by atoms with Gasteiger partial charge in [0.25, 0.3) is 0 Å². The first-order valence-corrected chi connectivity index (χ1v) is 16.3. The van der Waals surface area contributed by atoms with Crippen LogP contribution < -0.4 is 16.8 Å². The lowest BCUT2D eigenvalue weighted by molar-refractivity contribution is -0.136. The molecule has 11 nitrogen and oxygen atoms in total. The maximum absolute atomic E-state index is 13.6. The van der Waals surface area contributed by atoms with Crippen LogP contribution in [-0.4, -0.2) is 61.6 Å². The highest BCUT2D eigenvalue weighted by molar-refractivity contribution is 5.93. The monoisotopic (exact) mass is 625 g/mol. The summed E-state index contributed by atoms with van der Waals surface area (Å²) in [6, 6.07) is 13.5. The molecular weight excluding hydrogens is 578 g/mol. The number of fused-ring (bicyclic) bond motifs is 2. The van der Waals surface area contributed by atoms with E-state index in [1.807, 2.05) is 39.0 Å². The second kappa shape index (κ2) is 14.7. The van der Waals surface area contributed by atoms with E-state index in [0.717, 1.165) is 47.1 Å². The minimum absolute atomic E-state index is 0.0690. The average Bonchev–Trinajstić information content (AvgIpc) is 3.46. The molecule has 244 valence electrons. The van der Waals surface area contributed by atoms with Gasteiger partial charge in [-0.2, -0.15) is 10.1 Å². The summed E-state index contributed by atoms with van der Waals surface area (Å²) in [6.07, 6.45) is 5.23. The van der Waals surface area contributed by atoms with Crippen LogP contribution in [0.4, 0.5) is 0 Å². The van der Waals surface area contributed by atoms with Gasteiger partial charge < -0.3 is 21.7 Å². The van der Waals surface area contributed by atoms with E-state index < -0.39 is 17.4 Å². The number of hydrogen-bond donors (Lipinski definition) is 3. The number of carbonyl (C=O) groups is 2. The molecular formula is C35H47N9O2. The standard InChI is InChI=1S/C33H41N9O2.C2H6/c1-5-26-7-6-8-27(18-34)42(26)30(43)19-37-20(2)17-33(32-38-40-41(4)39-32)28-13-11-22(21(3)35)15-23(28)9-10-24-16-25(31(36)44)12-14-29(24)33;1-2/h11-16,20,26-27,37H,3,5-10,17,19,35H2,1-2,4H3,(H2,36,44);1-2H3. The van der Waals surface area contributed by atoms with Crippen LogP contribution in [0, 0.1) is 11.3 Å². The first kappa shape index (κ1) is 34.3. The van der Waals surface area contributed by atoms with E-state index in [9.17, 15) is 14.9 Å². The van der Waals surface area contributed by atoms with Crippen LogP contribution in [0.15, 0.2) is 43.0 Å². The molecule has 1 aromatic heterocycles. The van der Waals surface area contributed by atoms with E-state index in [2.05, 4.69) is 47.3 Å². The average molecular weight is 626 g/mol. The van der Waals surface area contributed by atoms with Crippen molar-refractivity contribution in [2.24, 2.45) is 18.5 Å². The van der Waals surface area contributed by atoms with Crippen molar-refractivity contribution in [3.63, 3.8) is 0 Å². The smallest absolute Gasteiger partial charge is 0.248 e. The summed E-state index contributed by atoms with van der Waals surface area (Å²) in [4.78, 5) is 29.0. The molecule has 2 aliphatic rings. The van der Waals surface area contributed by atoms with Gasteiger partial charge in [-0.15, -0.1) is 10.2 Å². The molecule has 3 aromatic rings. The highest BCUT2D eigenvalue weighted by Gasteiger charge is 2.46. The van der Waals surface area contributed by atoms with Crippen molar-refractivity contribution < 1.29 is 9.59 Å². The normalized spacial score (nSPS) is 21.0. The van der Waals surface area contributed by atoms with Crippen molar-refractivity contribution in [1.29, 1.82) is 5.26 Å². The van der Waals surface area contributed by atoms with Crippen LogP contribution in [0.3, 0.4) is 0 Å². The molecule has 0 bridgehead atoms. The van der Waals surface area contributed by atoms with E-state index in [-0.39, 0.29) is 24.5 Å². The Morgan fingerprint density at radius 2 is 1.74 bits per heavy atom. The number of hydrogen-bond acceptors (Lipinski definition) is 8. The molecule has 2 aromatic carbocycles. The molecule has 0 spiro atoms. The number of tetrazole rings is 1. The Balaban J connectivity index is 0.00000235. The maximum atomic E-state index is 13.6. The highest BCUT2D eigenvalue weighted by atomic mass is 16.2. The van der Waals surface area contributed by atoms with Gasteiger partial charge in [-0.3, -0.25) is 9.59 Å². The molecule has 0 radical (unpaired) electrons. The quantitative estimate of drug-likeness (QED) is 0.323. The molecule has 5 N–H and O–H groups in total. The van der Waals surface area contributed by atoms with Gasteiger partial charge in [0.2, 0.25) is 11.8 Å². The van der Waals surface area contributed by atoms with E-state index in [4.69, 9.17) is 16.6 Å². The third-order valence-electron chi connectivity index (χ3n) is 9.21. The van der Waals surface area contributed by atoms with Gasteiger partial charge in [0, 0.05) is 23.3 Å². The van der Waals surface area contributed by atoms with E-state index in [1.54, 1.807) is 18.0 Å². The molecule has 46 heavy (non-hydrogen) atoms. The minimum Gasteiger partial charge on any atom is -0.399 e. The fourth-order valence-corrected chi connectivity index (χ4v) is 7.08. The van der Waals surface area contributed by atoms with Gasteiger partial charge in [0.15, 0.2) is 5.82 Å².